The number of aromatic amines is 1. The van der Waals surface area contributed by atoms with Gasteiger partial charge in [-0.1, -0.05) is 25.1 Å². The van der Waals surface area contributed by atoms with Crippen molar-refractivity contribution in [3.63, 3.8) is 0 Å². The van der Waals surface area contributed by atoms with E-state index >= 15 is 0 Å². The summed E-state index contributed by atoms with van der Waals surface area (Å²) in [7, 11) is 0. The first-order valence-corrected chi connectivity index (χ1v) is 10.7. The average molecular weight is 399 g/mol. The van der Waals surface area contributed by atoms with Crippen LogP contribution in [0.25, 0.3) is 21.8 Å². The number of aromatic nitrogens is 2. The van der Waals surface area contributed by atoms with Gasteiger partial charge < -0.3 is 9.55 Å². The number of hydrogen-bond acceptors (Lipinski definition) is 2. The number of carbonyl (C=O) groups excluding carboxylic acids is 1. The Labute approximate surface area is 175 Å². The predicted octanol–water partition coefficient (Wildman–Crippen LogP) is 5.03. The zero-order chi connectivity index (χ0) is 20.7. The molecule has 2 N–H and O–H groups in total. The number of fused-ring (bicyclic) bond motifs is 4. The van der Waals surface area contributed by atoms with E-state index in [9.17, 15) is 4.79 Å². The van der Waals surface area contributed by atoms with Crippen LogP contribution in [0.15, 0.2) is 53.8 Å². The molecule has 2 aromatic carbocycles. The number of hydrazone groups is 1. The van der Waals surface area contributed by atoms with Gasteiger partial charge in [-0.15, -0.1) is 0 Å². The summed E-state index contributed by atoms with van der Waals surface area (Å²) < 4.78 is 2.18. The molecule has 5 rings (SSSR count). The second kappa shape index (κ2) is 7.48. The topological polar surface area (TPSA) is 62.2 Å². The van der Waals surface area contributed by atoms with Gasteiger partial charge in [0.1, 0.15) is 0 Å². The lowest BCUT2D eigenvalue weighted by Crippen LogP contribution is -2.17. The second-order valence-electron chi connectivity index (χ2n) is 8.28. The van der Waals surface area contributed by atoms with Gasteiger partial charge in [0.05, 0.1) is 6.21 Å². The first-order valence-electron chi connectivity index (χ1n) is 10.7. The summed E-state index contributed by atoms with van der Waals surface area (Å²) in [6.07, 6.45) is 7.17. The number of rotatable bonds is 4. The summed E-state index contributed by atoms with van der Waals surface area (Å²) in [5.41, 5.74) is 9.31. The van der Waals surface area contributed by atoms with Crippen molar-refractivity contribution in [3.05, 3.63) is 71.0 Å². The Balaban J connectivity index is 1.38. The van der Waals surface area contributed by atoms with Gasteiger partial charge in [0.25, 0.3) is 5.91 Å². The number of amides is 1. The fourth-order valence-corrected chi connectivity index (χ4v) is 4.60. The second-order valence-corrected chi connectivity index (χ2v) is 8.28. The third kappa shape index (κ3) is 3.20. The van der Waals surface area contributed by atoms with Gasteiger partial charge in [-0.2, -0.15) is 5.10 Å². The quantitative estimate of drug-likeness (QED) is 0.367. The maximum Gasteiger partial charge on any atom is 0.271 e. The van der Waals surface area contributed by atoms with E-state index in [0.717, 1.165) is 35.9 Å². The van der Waals surface area contributed by atoms with Crippen LogP contribution in [0, 0.1) is 5.92 Å². The van der Waals surface area contributed by atoms with Crippen LogP contribution in [-0.4, -0.2) is 21.7 Å². The zero-order valence-corrected chi connectivity index (χ0v) is 17.4. The third-order valence-corrected chi connectivity index (χ3v) is 6.23. The number of H-pyrrole nitrogens is 1. The molecule has 1 aliphatic carbocycles. The fourth-order valence-electron chi connectivity index (χ4n) is 4.60. The predicted molar refractivity (Wildman–Crippen MR) is 122 cm³/mol. The van der Waals surface area contributed by atoms with E-state index in [1.54, 1.807) is 6.21 Å². The zero-order valence-electron chi connectivity index (χ0n) is 17.4. The first kappa shape index (κ1) is 18.7. The highest BCUT2D eigenvalue weighted by Gasteiger charge is 2.20. The van der Waals surface area contributed by atoms with Gasteiger partial charge in [-0.25, -0.2) is 5.43 Å². The largest absolute Gasteiger partial charge is 0.358 e. The van der Waals surface area contributed by atoms with E-state index in [4.69, 9.17) is 0 Å². The SMILES string of the molecule is CCn1cc(/C=N\NC(=O)c2ccc3[nH]c4c(c3c2)CC(C)CC4)c2ccccc21. The molecular weight excluding hydrogens is 372 g/mol. The van der Waals surface area contributed by atoms with Crippen LogP contribution < -0.4 is 5.43 Å². The maximum atomic E-state index is 12.7. The Bertz CT molecular complexity index is 1280. The number of nitrogens with zero attached hydrogens (tertiary/aromatic N) is 2. The van der Waals surface area contributed by atoms with Crippen molar-refractivity contribution in [2.75, 3.05) is 0 Å². The number of nitrogens with one attached hydrogen (secondary N) is 2. The summed E-state index contributed by atoms with van der Waals surface area (Å²) >= 11 is 0. The van der Waals surface area contributed by atoms with Crippen molar-refractivity contribution in [2.45, 2.75) is 39.7 Å². The van der Waals surface area contributed by atoms with Crippen molar-refractivity contribution in [1.29, 1.82) is 0 Å². The Hall–Kier alpha value is -3.34. The molecule has 0 aliphatic heterocycles. The van der Waals surface area contributed by atoms with Gasteiger partial charge >= 0.3 is 0 Å². The maximum absolute atomic E-state index is 12.7. The van der Waals surface area contributed by atoms with Crippen molar-refractivity contribution in [2.24, 2.45) is 11.0 Å². The standard InChI is InChI=1S/C25H26N4O/c1-3-29-15-18(19-6-4-5-7-24(19)29)14-26-28-25(30)17-9-11-23-21(13-17)20-12-16(2)8-10-22(20)27-23/h4-7,9,11,13-16,27H,3,8,10,12H2,1-2H3,(H,28,30)/b26-14-. The molecule has 0 saturated carbocycles. The van der Waals surface area contributed by atoms with Crippen LogP contribution >= 0.6 is 0 Å². The highest BCUT2D eigenvalue weighted by molar-refractivity contribution is 6.02. The van der Waals surface area contributed by atoms with Crippen molar-refractivity contribution >= 4 is 33.9 Å². The van der Waals surface area contributed by atoms with Crippen LogP contribution in [0.5, 0.6) is 0 Å². The van der Waals surface area contributed by atoms with E-state index in [1.807, 2.05) is 30.3 Å². The number of benzene rings is 2. The van der Waals surface area contributed by atoms with E-state index in [2.05, 4.69) is 52.3 Å². The molecule has 0 spiro atoms. The fraction of sp³-hybridized carbons (Fsp3) is 0.280. The van der Waals surface area contributed by atoms with Crippen molar-refractivity contribution in [3.8, 4) is 0 Å². The minimum atomic E-state index is -0.189. The summed E-state index contributed by atoms with van der Waals surface area (Å²) in [6, 6.07) is 14.1. The van der Waals surface area contributed by atoms with Gasteiger partial charge in [0.15, 0.2) is 0 Å². The molecule has 2 heterocycles. The Morgan fingerprint density at radius 2 is 2.13 bits per heavy atom. The normalized spacial score (nSPS) is 16.4. The van der Waals surface area contributed by atoms with E-state index in [1.165, 1.54) is 28.6 Å². The lowest BCUT2D eigenvalue weighted by Gasteiger charge is -2.18. The van der Waals surface area contributed by atoms with Crippen LogP contribution in [0.2, 0.25) is 0 Å². The lowest BCUT2D eigenvalue weighted by atomic mass is 9.87. The molecule has 0 fully saturated rings. The number of aryl methyl sites for hydroxylation is 2. The summed E-state index contributed by atoms with van der Waals surface area (Å²) in [6.45, 7) is 5.30. The molecule has 5 nitrogen and oxygen atoms in total. The molecule has 2 aromatic heterocycles. The molecule has 5 heteroatoms. The highest BCUT2D eigenvalue weighted by Crippen LogP contribution is 2.32. The highest BCUT2D eigenvalue weighted by atomic mass is 16.2. The number of carbonyl (C=O) groups is 1. The van der Waals surface area contributed by atoms with Crippen molar-refractivity contribution in [1.82, 2.24) is 15.0 Å². The lowest BCUT2D eigenvalue weighted by molar-refractivity contribution is 0.0955. The Morgan fingerprint density at radius 3 is 3.00 bits per heavy atom. The van der Waals surface area contributed by atoms with Crippen LogP contribution in [0.1, 0.15) is 47.4 Å². The van der Waals surface area contributed by atoms with Crippen LogP contribution in [0.3, 0.4) is 0 Å². The van der Waals surface area contributed by atoms with Gasteiger partial charge in [0, 0.05) is 51.4 Å². The third-order valence-electron chi connectivity index (χ3n) is 6.23. The summed E-state index contributed by atoms with van der Waals surface area (Å²) in [4.78, 5) is 16.2. The van der Waals surface area contributed by atoms with Gasteiger partial charge in [-0.3, -0.25) is 4.79 Å². The average Bonchev–Trinajstić information content (AvgIpc) is 3.31. The van der Waals surface area contributed by atoms with Crippen molar-refractivity contribution < 1.29 is 4.79 Å². The molecule has 30 heavy (non-hydrogen) atoms. The Morgan fingerprint density at radius 1 is 1.27 bits per heavy atom. The molecule has 1 atom stereocenters. The number of hydrogen-bond donors (Lipinski definition) is 2. The number of para-hydroxylation sites is 1. The Kier molecular flexibility index (Phi) is 4.66. The molecule has 152 valence electrons. The molecular formula is C25H26N4O. The summed E-state index contributed by atoms with van der Waals surface area (Å²) in [5, 5.41) is 6.53. The smallest absolute Gasteiger partial charge is 0.271 e. The van der Waals surface area contributed by atoms with E-state index in [0.29, 0.717) is 11.5 Å². The van der Waals surface area contributed by atoms with Gasteiger partial charge in [0.2, 0.25) is 0 Å². The van der Waals surface area contributed by atoms with Crippen LogP contribution in [-0.2, 0) is 19.4 Å². The molecule has 1 unspecified atom stereocenters. The molecule has 0 radical (unpaired) electrons. The molecule has 1 amide bonds. The molecule has 4 aromatic rings. The molecule has 0 saturated heterocycles. The monoisotopic (exact) mass is 398 g/mol. The summed E-state index contributed by atoms with van der Waals surface area (Å²) in [5.74, 6) is 0.495. The van der Waals surface area contributed by atoms with E-state index in [-0.39, 0.29) is 5.91 Å². The van der Waals surface area contributed by atoms with Crippen LogP contribution in [0.4, 0.5) is 0 Å². The molecule has 0 bridgehead atoms. The molecule has 1 aliphatic rings. The minimum absolute atomic E-state index is 0.189. The van der Waals surface area contributed by atoms with Gasteiger partial charge in [-0.05, 0) is 61.9 Å². The minimum Gasteiger partial charge on any atom is -0.358 e. The van der Waals surface area contributed by atoms with E-state index < -0.39 is 0 Å². The first-order chi connectivity index (χ1) is 14.6.